The molecule has 0 saturated heterocycles. The molecule has 2 aromatic heterocycles. The molecule has 0 fully saturated rings. The van der Waals surface area contributed by atoms with Crippen LogP contribution in [-0.2, 0) is 24.1 Å². The van der Waals surface area contributed by atoms with E-state index in [9.17, 15) is 4.79 Å². The molecule has 9 heteroatoms. The molecule has 0 aliphatic heterocycles. The number of nitrogens with one attached hydrogen (secondary N) is 1. The third kappa shape index (κ3) is 7.29. The Morgan fingerprint density at radius 3 is 2.62 bits per heavy atom. The zero-order valence-corrected chi connectivity index (χ0v) is 15.9. The Bertz CT molecular complexity index is 679. The molecule has 0 bridgehead atoms. The standard InChI is InChI=1S/C15H21N5OS2.ClH/c1-10(21)19-15-20-11(9-22-15)4-5-13-7-6-12(23-13)3-2-8-18-14(16)17;/h6-7,9H,2-5,8H2,1H3,(H4,16,17,18)(H,19,20,21);1H. The van der Waals surface area contributed by atoms with Gasteiger partial charge in [-0.05, 0) is 37.8 Å². The van der Waals surface area contributed by atoms with E-state index in [1.807, 2.05) is 16.7 Å². The van der Waals surface area contributed by atoms with Crippen LogP contribution in [0, 0.1) is 0 Å². The van der Waals surface area contributed by atoms with Crippen LogP contribution in [0.3, 0.4) is 0 Å². The largest absolute Gasteiger partial charge is 0.370 e. The van der Waals surface area contributed by atoms with Gasteiger partial charge in [0.25, 0.3) is 0 Å². The molecule has 2 heterocycles. The first kappa shape index (κ1) is 20.4. The van der Waals surface area contributed by atoms with Gasteiger partial charge in [0.1, 0.15) is 0 Å². The third-order valence-electron chi connectivity index (χ3n) is 3.06. The summed E-state index contributed by atoms with van der Waals surface area (Å²) in [7, 11) is 0. The first-order chi connectivity index (χ1) is 11.0. The van der Waals surface area contributed by atoms with Gasteiger partial charge in [-0.1, -0.05) is 0 Å². The highest BCUT2D eigenvalue weighted by molar-refractivity contribution is 7.14. The second-order valence-corrected chi connectivity index (χ2v) is 7.21. The van der Waals surface area contributed by atoms with Crippen LogP contribution in [0.5, 0.6) is 0 Å². The van der Waals surface area contributed by atoms with Gasteiger partial charge < -0.3 is 16.8 Å². The summed E-state index contributed by atoms with van der Waals surface area (Å²) in [6.45, 7) is 2.15. The number of nitrogens with zero attached hydrogens (tertiary/aromatic N) is 2. The smallest absolute Gasteiger partial charge is 0.223 e. The normalized spacial score (nSPS) is 10.0. The van der Waals surface area contributed by atoms with Crippen molar-refractivity contribution in [1.82, 2.24) is 4.98 Å². The van der Waals surface area contributed by atoms with Crippen LogP contribution >= 0.6 is 35.1 Å². The van der Waals surface area contributed by atoms with Crippen molar-refractivity contribution in [3.8, 4) is 0 Å². The molecule has 0 radical (unpaired) electrons. The van der Waals surface area contributed by atoms with Crippen LogP contribution in [-0.4, -0.2) is 23.4 Å². The fourth-order valence-corrected chi connectivity index (χ4v) is 3.88. The van der Waals surface area contributed by atoms with E-state index >= 15 is 0 Å². The topological polar surface area (TPSA) is 106 Å². The summed E-state index contributed by atoms with van der Waals surface area (Å²) in [5, 5.41) is 5.37. The number of carbonyl (C=O) groups excluding carboxylic acids is 1. The van der Waals surface area contributed by atoms with Gasteiger partial charge in [0.15, 0.2) is 11.1 Å². The fourth-order valence-electron chi connectivity index (χ4n) is 2.03. The number of hydrogen-bond acceptors (Lipinski definition) is 5. The minimum Gasteiger partial charge on any atom is -0.370 e. The van der Waals surface area contributed by atoms with E-state index in [1.165, 1.54) is 28.0 Å². The Labute approximate surface area is 155 Å². The molecule has 6 nitrogen and oxygen atoms in total. The van der Waals surface area contributed by atoms with Gasteiger partial charge in [-0.25, -0.2) is 4.98 Å². The fraction of sp³-hybridized carbons (Fsp3) is 0.400. The van der Waals surface area contributed by atoms with E-state index in [4.69, 9.17) is 11.5 Å². The Kier molecular flexibility index (Phi) is 8.73. The van der Waals surface area contributed by atoms with Gasteiger partial charge in [0, 0.05) is 28.6 Å². The number of anilines is 1. The number of carbonyl (C=O) groups is 1. The molecule has 132 valence electrons. The number of hydrogen-bond donors (Lipinski definition) is 3. The molecular formula is C15H22ClN5OS2. The summed E-state index contributed by atoms with van der Waals surface area (Å²) < 4.78 is 0. The number of thiazole rings is 1. The third-order valence-corrected chi connectivity index (χ3v) is 5.07. The maximum Gasteiger partial charge on any atom is 0.223 e. The van der Waals surface area contributed by atoms with E-state index in [0.717, 1.165) is 31.4 Å². The maximum atomic E-state index is 11.0. The number of guanidine groups is 1. The molecule has 0 aliphatic rings. The Morgan fingerprint density at radius 1 is 1.25 bits per heavy atom. The van der Waals surface area contributed by atoms with Gasteiger partial charge in [0.2, 0.25) is 5.91 Å². The molecule has 2 aromatic rings. The van der Waals surface area contributed by atoms with Gasteiger partial charge in [-0.3, -0.25) is 9.79 Å². The van der Waals surface area contributed by atoms with Gasteiger partial charge in [-0.2, -0.15) is 0 Å². The van der Waals surface area contributed by atoms with E-state index < -0.39 is 0 Å². The van der Waals surface area contributed by atoms with Crippen molar-refractivity contribution in [3.63, 3.8) is 0 Å². The number of aromatic nitrogens is 1. The van der Waals surface area contributed by atoms with E-state index in [0.29, 0.717) is 11.7 Å². The van der Waals surface area contributed by atoms with Gasteiger partial charge >= 0.3 is 0 Å². The van der Waals surface area contributed by atoms with Gasteiger partial charge in [0.05, 0.1) is 5.69 Å². The lowest BCUT2D eigenvalue weighted by Gasteiger charge is -1.97. The predicted octanol–water partition coefficient (Wildman–Crippen LogP) is 2.58. The van der Waals surface area contributed by atoms with Crippen LogP contribution in [0.1, 0.15) is 28.8 Å². The number of amides is 1. The summed E-state index contributed by atoms with van der Waals surface area (Å²) >= 11 is 3.28. The number of thiophene rings is 1. The SMILES string of the molecule is CC(=O)Nc1nc(CCc2ccc(CCCN=C(N)N)s2)cs1.Cl. The molecule has 0 spiro atoms. The lowest BCUT2D eigenvalue weighted by molar-refractivity contribution is -0.114. The van der Waals surface area contributed by atoms with Crippen LogP contribution in [0.25, 0.3) is 0 Å². The Morgan fingerprint density at radius 2 is 1.96 bits per heavy atom. The van der Waals surface area contributed by atoms with Crippen LogP contribution in [0.4, 0.5) is 5.13 Å². The van der Waals surface area contributed by atoms with Crippen molar-refractivity contribution < 1.29 is 4.79 Å². The van der Waals surface area contributed by atoms with Crippen LogP contribution in [0.15, 0.2) is 22.5 Å². The molecule has 0 atom stereocenters. The zero-order chi connectivity index (χ0) is 16.7. The molecule has 2 rings (SSSR count). The average molecular weight is 388 g/mol. The lowest BCUT2D eigenvalue weighted by Crippen LogP contribution is -2.22. The van der Waals surface area contributed by atoms with E-state index in [-0.39, 0.29) is 24.3 Å². The molecule has 0 saturated carbocycles. The van der Waals surface area contributed by atoms with Crippen molar-refractivity contribution in [1.29, 1.82) is 0 Å². The van der Waals surface area contributed by atoms with Gasteiger partial charge in [-0.15, -0.1) is 35.1 Å². The minimum absolute atomic E-state index is 0. The van der Waals surface area contributed by atoms with Crippen molar-refractivity contribution in [3.05, 3.63) is 33.0 Å². The highest BCUT2D eigenvalue weighted by atomic mass is 35.5. The Balaban J connectivity index is 0.00000288. The maximum absolute atomic E-state index is 11.0. The zero-order valence-electron chi connectivity index (χ0n) is 13.4. The quantitative estimate of drug-likeness (QED) is 0.367. The second kappa shape index (κ2) is 10.3. The summed E-state index contributed by atoms with van der Waals surface area (Å²) in [4.78, 5) is 22.1. The number of aryl methyl sites for hydroxylation is 3. The first-order valence-electron chi connectivity index (χ1n) is 7.38. The molecule has 5 N–H and O–H groups in total. The number of halogens is 1. The summed E-state index contributed by atoms with van der Waals surface area (Å²) in [6, 6.07) is 4.33. The minimum atomic E-state index is -0.0884. The first-order valence-corrected chi connectivity index (χ1v) is 9.07. The summed E-state index contributed by atoms with van der Waals surface area (Å²) in [5.74, 6) is 0.0632. The van der Waals surface area contributed by atoms with E-state index in [2.05, 4.69) is 27.4 Å². The Hall–Kier alpha value is -1.64. The average Bonchev–Trinajstić information content (AvgIpc) is 3.10. The number of rotatable bonds is 8. The molecule has 0 unspecified atom stereocenters. The second-order valence-electron chi connectivity index (χ2n) is 5.10. The number of aliphatic imine (C=N–C) groups is 1. The molecule has 0 aromatic carbocycles. The predicted molar refractivity (Wildman–Crippen MR) is 104 cm³/mol. The highest BCUT2D eigenvalue weighted by Crippen LogP contribution is 2.21. The van der Waals surface area contributed by atoms with Crippen LogP contribution < -0.4 is 16.8 Å². The molecule has 24 heavy (non-hydrogen) atoms. The van der Waals surface area contributed by atoms with Crippen molar-refractivity contribution >= 4 is 52.1 Å². The lowest BCUT2D eigenvalue weighted by atomic mass is 10.2. The molecule has 0 aliphatic carbocycles. The summed E-state index contributed by atoms with van der Waals surface area (Å²) in [6.07, 6.45) is 3.78. The van der Waals surface area contributed by atoms with Crippen molar-refractivity contribution in [2.75, 3.05) is 11.9 Å². The summed E-state index contributed by atoms with van der Waals surface area (Å²) in [5.41, 5.74) is 11.6. The van der Waals surface area contributed by atoms with E-state index in [1.54, 1.807) is 0 Å². The van der Waals surface area contributed by atoms with Crippen LogP contribution in [0.2, 0.25) is 0 Å². The highest BCUT2D eigenvalue weighted by Gasteiger charge is 2.05. The van der Waals surface area contributed by atoms with Crippen molar-refractivity contribution in [2.24, 2.45) is 16.5 Å². The molecular weight excluding hydrogens is 366 g/mol. The van der Waals surface area contributed by atoms with Crippen molar-refractivity contribution in [2.45, 2.75) is 32.6 Å². The monoisotopic (exact) mass is 387 g/mol. The molecule has 1 amide bonds. The number of nitrogens with two attached hydrogens (primary N) is 2.